The lowest BCUT2D eigenvalue weighted by Gasteiger charge is -2.35. The molecule has 1 amide bonds. The van der Waals surface area contributed by atoms with E-state index in [0.717, 1.165) is 19.5 Å². The van der Waals surface area contributed by atoms with Crippen molar-refractivity contribution in [2.75, 3.05) is 26.3 Å². The number of fused-ring (bicyclic) bond motifs is 1. The zero-order chi connectivity index (χ0) is 19.5. The number of carbonyl (C=O) groups excluding carboxylic acids is 2. The van der Waals surface area contributed by atoms with E-state index in [4.69, 9.17) is 9.47 Å². The van der Waals surface area contributed by atoms with Crippen molar-refractivity contribution in [3.63, 3.8) is 0 Å². The number of aromatic nitrogens is 2. The van der Waals surface area contributed by atoms with Gasteiger partial charge in [0.25, 0.3) is 5.91 Å². The molecule has 2 aliphatic rings. The van der Waals surface area contributed by atoms with Gasteiger partial charge in [0.05, 0.1) is 25.6 Å². The summed E-state index contributed by atoms with van der Waals surface area (Å²) in [5.41, 5.74) is 1.33. The van der Waals surface area contributed by atoms with Crippen molar-refractivity contribution in [3.05, 3.63) is 53.6 Å². The molecule has 3 atom stereocenters. The average molecular weight is 384 g/mol. The van der Waals surface area contributed by atoms with Crippen LogP contribution in [-0.2, 0) is 9.47 Å². The number of hydrogen-bond acceptors (Lipinski definition) is 6. The number of esters is 1. The number of carbonyl (C=O) groups is 2. The maximum Gasteiger partial charge on any atom is 0.357 e. The number of nitrogens with one attached hydrogen (secondary N) is 2. The standard InChI is InChI=1S/C20H24N4O4/c1-2-27-20(26)18-17(21-12-22-18)19(25)23-14-8-15-11-28-16(10-24(15)9-14)13-6-4-3-5-7-13/h3-7,12,14-16H,2,8-11H2,1H3,(H,21,22)(H,23,25)/t14-,15-,16+/m0/s1. The van der Waals surface area contributed by atoms with Crippen LogP contribution in [-0.4, -0.2) is 65.1 Å². The third-order valence-corrected chi connectivity index (χ3v) is 5.26. The molecule has 0 unspecified atom stereocenters. The Balaban J connectivity index is 1.37. The summed E-state index contributed by atoms with van der Waals surface area (Å²) < 4.78 is 11.0. The molecule has 0 bridgehead atoms. The number of benzene rings is 1. The molecule has 2 fully saturated rings. The number of morpholine rings is 1. The fourth-order valence-corrected chi connectivity index (χ4v) is 3.93. The average Bonchev–Trinajstić information content (AvgIpc) is 3.35. The Morgan fingerprint density at radius 3 is 2.93 bits per heavy atom. The van der Waals surface area contributed by atoms with Crippen LogP contribution in [0.15, 0.2) is 36.7 Å². The molecule has 2 aliphatic heterocycles. The molecule has 4 rings (SSSR count). The van der Waals surface area contributed by atoms with Gasteiger partial charge in [-0.2, -0.15) is 0 Å². The Morgan fingerprint density at radius 1 is 1.32 bits per heavy atom. The van der Waals surface area contributed by atoms with Gasteiger partial charge in [-0.05, 0) is 18.9 Å². The number of aromatic amines is 1. The molecule has 2 aromatic rings. The minimum absolute atomic E-state index is 0.0117. The zero-order valence-electron chi connectivity index (χ0n) is 15.8. The summed E-state index contributed by atoms with van der Waals surface area (Å²) in [4.78, 5) is 33.6. The highest BCUT2D eigenvalue weighted by Crippen LogP contribution is 2.30. The molecule has 2 N–H and O–H groups in total. The smallest absolute Gasteiger partial charge is 0.357 e. The van der Waals surface area contributed by atoms with Gasteiger partial charge in [-0.3, -0.25) is 9.69 Å². The Labute approximate surface area is 163 Å². The molecule has 1 aromatic heterocycles. The number of imidazole rings is 1. The van der Waals surface area contributed by atoms with E-state index in [1.807, 2.05) is 18.2 Å². The summed E-state index contributed by atoms with van der Waals surface area (Å²) in [6.45, 7) is 4.15. The van der Waals surface area contributed by atoms with Gasteiger partial charge in [0.1, 0.15) is 0 Å². The van der Waals surface area contributed by atoms with E-state index in [9.17, 15) is 9.59 Å². The second-order valence-corrected chi connectivity index (χ2v) is 7.09. The summed E-state index contributed by atoms with van der Waals surface area (Å²) in [6, 6.07) is 10.5. The lowest BCUT2D eigenvalue weighted by Crippen LogP contribution is -2.43. The topological polar surface area (TPSA) is 96.6 Å². The minimum Gasteiger partial charge on any atom is -0.461 e. The molecule has 0 saturated carbocycles. The molecule has 1 aromatic carbocycles. The Kier molecular flexibility index (Phi) is 5.40. The number of nitrogens with zero attached hydrogens (tertiary/aromatic N) is 2. The maximum atomic E-state index is 12.6. The number of rotatable bonds is 5. The van der Waals surface area contributed by atoms with Gasteiger partial charge in [-0.1, -0.05) is 30.3 Å². The van der Waals surface area contributed by atoms with Crippen LogP contribution < -0.4 is 5.32 Å². The van der Waals surface area contributed by atoms with E-state index in [1.165, 1.54) is 11.9 Å². The van der Waals surface area contributed by atoms with Crippen molar-refractivity contribution in [2.45, 2.75) is 31.5 Å². The number of hydrogen-bond donors (Lipinski definition) is 2. The number of ether oxygens (including phenoxy) is 2. The quantitative estimate of drug-likeness (QED) is 0.759. The third kappa shape index (κ3) is 3.79. The Hall–Kier alpha value is -2.71. The van der Waals surface area contributed by atoms with Gasteiger partial charge < -0.3 is 19.8 Å². The van der Waals surface area contributed by atoms with E-state index in [0.29, 0.717) is 6.61 Å². The highest BCUT2D eigenvalue weighted by atomic mass is 16.5. The van der Waals surface area contributed by atoms with Gasteiger partial charge in [0.2, 0.25) is 0 Å². The van der Waals surface area contributed by atoms with E-state index in [1.54, 1.807) is 6.92 Å². The van der Waals surface area contributed by atoms with Gasteiger partial charge in [0.15, 0.2) is 11.4 Å². The molecule has 2 saturated heterocycles. The molecule has 0 aliphatic carbocycles. The first-order chi connectivity index (χ1) is 13.7. The molecule has 8 heteroatoms. The maximum absolute atomic E-state index is 12.6. The Morgan fingerprint density at radius 2 is 2.14 bits per heavy atom. The van der Waals surface area contributed by atoms with Crippen molar-refractivity contribution >= 4 is 11.9 Å². The van der Waals surface area contributed by atoms with Crippen molar-refractivity contribution in [2.24, 2.45) is 0 Å². The highest BCUT2D eigenvalue weighted by Gasteiger charge is 2.38. The van der Waals surface area contributed by atoms with Crippen molar-refractivity contribution in [1.82, 2.24) is 20.2 Å². The van der Waals surface area contributed by atoms with Gasteiger partial charge in [0, 0.05) is 25.2 Å². The first-order valence-corrected chi connectivity index (χ1v) is 9.57. The van der Waals surface area contributed by atoms with Gasteiger partial charge >= 0.3 is 5.97 Å². The second-order valence-electron chi connectivity index (χ2n) is 7.09. The largest absolute Gasteiger partial charge is 0.461 e. The summed E-state index contributed by atoms with van der Waals surface area (Å²) in [7, 11) is 0. The van der Waals surface area contributed by atoms with E-state index >= 15 is 0 Å². The van der Waals surface area contributed by atoms with Crippen LogP contribution in [0.1, 0.15) is 46.0 Å². The lowest BCUT2D eigenvalue weighted by molar-refractivity contribution is -0.0502. The van der Waals surface area contributed by atoms with Crippen LogP contribution in [0.2, 0.25) is 0 Å². The SMILES string of the molecule is CCOC(=O)c1[nH]cnc1C(=O)N[C@H]1C[C@H]2CO[C@@H](c3ccccc3)CN2C1. The van der Waals surface area contributed by atoms with Crippen LogP contribution in [0.4, 0.5) is 0 Å². The van der Waals surface area contributed by atoms with Crippen LogP contribution >= 0.6 is 0 Å². The van der Waals surface area contributed by atoms with Crippen molar-refractivity contribution < 1.29 is 19.1 Å². The summed E-state index contributed by atoms with van der Waals surface area (Å²) in [5.74, 6) is -0.942. The first kappa shape index (κ1) is 18.6. The molecule has 28 heavy (non-hydrogen) atoms. The molecular formula is C20H24N4O4. The second kappa shape index (κ2) is 8.12. The molecular weight excluding hydrogens is 360 g/mol. The predicted octanol–water partition coefficient (Wildman–Crippen LogP) is 1.53. The summed E-state index contributed by atoms with van der Waals surface area (Å²) in [5, 5.41) is 3.00. The fourth-order valence-electron chi connectivity index (χ4n) is 3.93. The monoisotopic (exact) mass is 384 g/mol. The highest BCUT2D eigenvalue weighted by molar-refractivity contribution is 6.02. The van der Waals surface area contributed by atoms with Gasteiger partial charge in [-0.15, -0.1) is 0 Å². The van der Waals surface area contributed by atoms with Gasteiger partial charge in [-0.25, -0.2) is 9.78 Å². The molecule has 0 spiro atoms. The van der Waals surface area contributed by atoms with Crippen molar-refractivity contribution in [3.8, 4) is 0 Å². The Bertz CT molecular complexity index is 838. The van der Waals surface area contributed by atoms with Crippen LogP contribution in [0.25, 0.3) is 0 Å². The summed E-state index contributed by atoms with van der Waals surface area (Å²) in [6.07, 6.45) is 2.19. The molecule has 8 nitrogen and oxygen atoms in total. The molecule has 148 valence electrons. The molecule has 0 radical (unpaired) electrons. The number of amides is 1. The summed E-state index contributed by atoms with van der Waals surface area (Å²) >= 11 is 0. The van der Waals surface area contributed by atoms with Crippen molar-refractivity contribution in [1.29, 1.82) is 0 Å². The van der Waals surface area contributed by atoms with Crippen LogP contribution in [0.3, 0.4) is 0 Å². The normalized spacial score (nSPS) is 24.5. The van der Waals surface area contributed by atoms with E-state index in [-0.39, 0.29) is 42.1 Å². The fraction of sp³-hybridized carbons (Fsp3) is 0.450. The minimum atomic E-state index is -0.576. The number of H-pyrrole nitrogens is 1. The predicted molar refractivity (Wildman–Crippen MR) is 101 cm³/mol. The third-order valence-electron chi connectivity index (χ3n) is 5.26. The molecule has 3 heterocycles. The van der Waals surface area contributed by atoms with Crippen LogP contribution in [0.5, 0.6) is 0 Å². The lowest BCUT2D eigenvalue weighted by atomic mass is 10.1. The van der Waals surface area contributed by atoms with E-state index in [2.05, 4.69) is 32.3 Å². The van der Waals surface area contributed by atoms with Crippen LogP contribution in [0, 0.1) is 0 Å². The van der Waals surface area contributed by atoms with E-state index < -0.39 is 5.97 Å². The first-order valence-electron chi connectivity index (χ1n) is 9.57. The zero-order valence-corrected chi connectivity index (χ0v) is 15.8.